The van der Waals surface area contributed by atoms with E-state index in [1.165, 1.54) is 5.56 Å². The Kier molecular flexibility index (Phi) is 6.15. The number of hydrogen-bond acceptors (Lipinski definition) is 6. The summed E-state index contributed by atoms with van der Waals surface area (Å²) in [7, 11) is 1.56. The van der Waals surface area contributed by atoms with Crippen LogP contribution in [0.4, 0.5) is 0 Å². The normalized spacial score (nSPS) is 18.8. The second-order valence-electron chi connectivity index (χ2n) is 10.3. The van der Waals surface area contributed by atoms with Crippen LogP contribution in [0.15, 0.2) is 51.7 Å². The van der Waals surface area contributed by atoms with Crippen molar-refractivity contribution in [3.05, 3.63) is 75.1 Å². The van der Waals surface area contributed by atoms with Gasteiger partial charge < -0.3 is 18.8 Å². The van der Waals surface area contributed by atoms with Gasteiger partial charge in [0.1, 0.15) is 11.3 Å². The van der Waals surface area contributed by atoms with Crippen LogP contribution in [-0.2, 0) is 10.2 Å². The van der Waals surface area contributed by atoms with Crippen molar-refractivity contribution in [2.24, 2.45) is 0 Å². The van der Waals surface area contributed by atoms with Gasteiger partial charge >= 0.3 is 0 Å². The minimum Gasteiger partial charge on any atom is -0.497 e. The Morgan fingerprint density at radius 1 is 1.00 bits per heavy atom. The maximum absolute atomic E-state index is 13.7. The van der Waals surface area contributed by atoms with Crippen molar-refractivity contribution < 1.29 is 18.7 Å². The molecule has 2 aliphatic heterocycles. The van der Waals surface area contributed by atoms with Crippen molar-refractivity contribution in [1.29, 1.82) is 0 Å². The summed E-state index contributed by atoms with van der Waals surface area (Å²) in [6.45, 7) is 10.8. The van der Waals surface area contributed by atoms with Crippen molar-refractivity contribution >= 4 is 16.9 Å². The van der Waals surface area contributed by atoms with E-state index in [1.54, 1.807) is 30.2 Å². The smallest absolute Gasteiger partial charge is 0.290 e. The molecule has 7 heteroatoms. The summed E-state index contributed by atoms with van der Waals surface area (Å²) in [6.07, 6.45) is 0. The molecule has 1 aromatic heterocycles. The van der Waals surface area contributed by atoms with Crippen molar-refractivity contribution in [1.82, 2.24) is 9.80 Å². The molecule has 3 aromatic rings. The minimum absolute atomic E-state index is 0.00619. The van der Waals surface area contributed by atoms with Gasteiger partial charge in [-0.1, -0.05) is 45.0 Å². The highest BCUT2D eigenvalue weighted by molar-refractivity contribution is 5.99. The maximum atomic E-state index is 13.7. The molecule has 1 fully saturated rings. The molecule has 1 atom stereocenters. The van der Waals surface area contributed by atoms with Crippen molar-refractivity contribution in [3.63, 3.8) is 0 Å². The van der Waals surface area contributed by atoms with E-state index in [4.69, 9.17) is 13.9 Å². The molecular weight excluding hydrogens is 444 g/mol. The summed E-state index contributed by atoms with van der Waals surface area (Å²) in [4.78, 5) is 31.4. The number of rotatable bonds is 5. The number of amides is 1. The number of carbonyl (C=O) groups excluding carboxylic acids is 1. The van der Waals surface area contributed by atoms with Gasteiger partial charge in [0.15, 0.2) is 5.43 Å². The fourth-order valence-electron chi connectivity index (χ4n) is 4.94. The fourth-order valence-corrected chi connectivity index (χ4v) is 4.94. The van der Waals surface area contributed by atoms with E-state index in [2.05, 4.69) is 37.8 Å². The molecule has 35 heavy (non-hydrogen) atoms. The van der Waals surface area contributed by atoms with Gasteiger partial charge in [0.05, 0.1) is 37.3 Å². The van der Waals surface area contributed by atoms with Gasteiger partial charge in [-0.15, -0.1) is 0 Å². The van der Waals surface area contributed by atoms with E-state index >= 15 is 0 Å². The zero-order valence-electron chi connectivity index (χ0n) is 20.8. The SMILES string of the molecule is COc1ccc2c(=O)c3c(oc2c1)C(=O)N(CCN1CCOCC1)[C@H]3c1ccc(C(C)(C)C)cc1. The largest absolute Gasteiger partial charge is 0.497 e. The summed E-state index contributed by atoms with van der Waals surface area (Å²) in [6, 6.07) is 12.9. The quantitative estimate of drug-likeness (QED) is 0.555. The number of ether oxygens (including phenoxy) is 2. The predicted octanol–water partition coefficient (Wildman–Crippen LogP) is 3.98. The van der Waals surface area contributed by atoms with Crippen LogP contribution in [0.2, 0.25) is 0 Å². The Bertz CT molecular complexity index is 1300. The zero-order chi connectivity index (χ0) is 24.7. The maximum Gasteiger partial charge on any atom is 0.290 e. The molecule has 0 saturated carbocycles. The first-order chi connectivity index (χ1) is 16.8. The number of nitrogens with zero attached hydrogens (tertiary/aromatic N) is 2. The molecule has 0 aliphatic carbocycles. The molecule has 0 bridgehead atoms. The zero-order valence-corrected chi connectivity index (χ0v) is 20.8. The fraction of sp³-hybridized carbons (Fsp3) is 0.429. The average Bonchev–Trinajstić information content (AvgIpc) is 3.14. The molecule has 0 spiro atoms. The number of fused-ring (bicyclic) bond motifs is 2. The Hall–Kier alpha value is -3.16. The van der Waals surface area contributed by atoms with Crippen LogP contribution in [-0.4, -0.2) is 62.2 Å². The summed E-state index contributed by atoms with van der Waals surface area (Å²) in [5.74, 6) is 0.451. The van der Waals surface area contributed by atoms with E-state index in [-0.39, 0.29) is 22.5 Å². The number of morpholine rings is 1. The molecular formula is C28H32N2O5. The first-order valence-corrected chi connectivity index (χ1v) is 12.1. The standard InChI is InChI=1S/C28H32N2O5/c1-28(2,3)19-7-5-18(6-8-19)24-23-25(31)21-10-9-20(33-4)17-22(21)35-26(23)27(32)30(24)12-11-29-13-15-34-16-14-29/h5-10,17,24H,11-16H2,1-4H3/t24-/m0/s1. The molecule has 3 heterocycles. The molecule has 1 amide bonds. The van der Waals surface area contributed by atoms with Crippen LogP contribution in [0.1, 0.15) is 54.1 Å². The third-order valence-corrected chi connectivity index (χ3v) is 7.03. The van der Waals surface area contributed by atoms with Crippen LogP contribution in [0, 0.1) is 0 Å². The van der Waals surface area contributed by atoms with Crippen LogP contribution < -0.4 is 10.2 Å². The third kappa shape index (κ3) is 4.34. The van der Waals surface area contributed by atoms with Crippen LogP contribution in [0.3, 0.4) is 0 Å². The van der Waals surface area contributed by atoms with Crippen molar-refractivity contribution in [3.8, 4) is 5.75 Å². The lowest BCUT2D eigenvalue weighted by Gasteiger charge is -2.31. The lowest BCUT2D eigenvalue weighted by atomic mass is 9.86. The highest BCUT2D eigenvalue weighted by Gasteiger charge is 2.42. The number of methoxy groups -OCH3 is 1. The summed E-state index contributed by atoms with van der Waals surface area (Å²) >= 11 is 0. The molecule has 0 N–H and O–H groups in total. The lowest BCUT2D eigenvalue weighted by Crippen LogP contribution is -2.42. The van der Waals surface area contributed by atoms with E-state index in [0.29, 0.717) is 48.6 Å². The highest BCUT2D eigenvalue weighted by Crippen LogP contribution is 2.39. The van der Waals surface area contributed by atoms with Gasteiger partial charge in [0.25, 0.3) is 5.91 Å². The molecule has 2 aromatic carbocycles. The first kappa shape index (κ1) is 23.6. The Balaban J connectivity index is 1.59. The van der Waals surface area contributed by atoms with E-state index in [9.17, 15) is 9.59 Å². The van der Waals surface area contributed by atoms with Gasteiger partial charge in [-0.2, -0.15) is 0 Å². The average molecular weight is 477 g/mol. The molecule has 7 nitrogen and oxygen atoms in total. The first-order valence-electron chi connectivity index (χ1n) is 12.1. The van der Waals surface area contributed by atoms with Gasteiger partial charge in [-0.05, 0) is 28.7 Å². The van der Waals surface area contributed by atoms with Crippen LogP contribution >= 0.6 is 0 Å². The van der Waals surface area contributed by atoms with E-state index in [0.717, 1.165) is 18.7 Å². The van der Waals surface area contributed by atoms with E-state index < -0.39 is 6.04 Å². The minimum atomic E-state index is -0.490. The van der Waals surface area contributed by atoms with Crippen molar-refractivity contribution in [2.45, 2.75) is 32.2 Å². The van der Waals surface area contributed by atoms with E-state index in [1.807, 2.05) is 12.1 Å². The molecule has 0 radical (unpaired) electrons. The van der Waals surface area contributed by atoms with Crippen LogP contribution in [0.25, 0.3) is 11.0 Å². The molecule has 184 valence electrons. The highest BCUT2D eigenvalue weighted by atomic mass is 16.5. The van der Waals surface area contributed by atoms with Gasteiger partial charge in [-0.3, -0.25) is 14.5 Å². The van der Waals surface area contributed by atoms with Gasteiger partial charge in [-0.25, -0.2) is 0 Å². The van der Waals surface area contributed by atoms with Gasteiger partial charge in [0, 0.05) is 32.2 Å². The topological polar surface area (TPSA) is 72.2 Å². The third-order valence-electron chi connectivity index (χ3n) is 7.03. The molecule has 1 saturated heterocycles. The molecule has 5 rings (SSSR count). The number of hydrogen-bond donors (Lipinski definition) is 0. The number of benzene rings is 2. The summed E-state index contributed by atoms with van der Waals surface area (Å²) in [5, 5.41) is 0.448. The lowest BCUT2D eigenvalue weighted by molar-refractivity contribution is 0.0314. The Labute approximate surface area is 205 Å². The molecule has 0 unspecified atom stereocenters. The van der Waals surface area contributed by atoms with Crippen molar-refractivity contribution in [2.75, 3.05) is 46.5 Å². The molecule has 2 aliphatic rings. The summed E-state index contributed by atoms with van der Waals surface area (Å²) < 4.78 is 16.8. The van der Waals surface area contributed by atoms with Gasteiger partial charge in [0.2, 0.25) is 5.76 Å². The predicted molar refractivity (Wildman–Crippen MR) is 134 cm³/mol. The number of carbonyl (C=O) groups is 1. The Morgan fingerprint density at radius 2 is 1.71 bits per heavy atom. The summed E-state index contributed by atoms with van der Waals surface area (Å²) in [5.41, 5.74) is 2.72. The Morgan fingerprint density at radius 3 is 2.37 bits per heavy atom. The monoisotopic (exact) mass is 476 g/mol. The second-order valence-corrected chi connectivity index (χ2v) is 10.3. The second kappa shape index (κ2) is 9.13. The van der Waals surface area contributed by atoms with Crippen LogP contribution in [0.5, 0.6) is 5.75 Å².